The number of benzene rings is 1. The lowest BCUT2D eigenvalue weighted by Gasteiger charge is -2.08. The lowest BCUT2D eigenvalue weighted by atomic mass is 10.2. The maximum absolute atomic E-state index is 11.5. The van der Waals surface area contributed by atoms with Crippen LogP contribution in [0.15, 0.2) is 47.9 Å². The van der Waals surface area contributed by atoms with Crippen molar-refractivity contribution in [1.29, 1.82) is 0 Å². The van der Waals surface area contributed by atoms with E-state index in [0.717, 1.165) is 5.56 Å². The third-order valence-corrected chi connectivity index (χ3v) is 4.59. The molecule has 0 aliphatic carbocycles. The predicted octanol–water partition coefficient (Wildman–Crippen LogP) is 1.14. The Labute approximate surface area is 148 Å². The number of primary sulfonamides is 1. The number of nitrogens with two attached hydrogens (primary N) is 1. The van der Waals surface area contributed by atoms with E-state index >= 15 is 0 Å². The molecule has 3 aromatic heterocycles. The van der Waals surface area contributed by atoms with Crippen LogP contribution in [-0.4, -0.2) is 38.1 Å². The molecular formula is C15H14N8O2S. The van der Waals surface area contributed by atoms with Crippen LogP contribution in [0.25, 0.3) is 22.4 Å². The van der Waals surface area contributed by atoms with Crippen LogP contribution in [0.1, 0.15) is 0 Å². The summed E-state index contributed by atoms with van der Waals surface area (Å²) in [6.07, 6.45) is 5.04. The summed E-state index contributed by atoms with van der Waals surface area (Å²) in [5, 5.41) is 12.3. The Bertz CT molecular complexity index is 1210. The van der Waals surface area contributed by atoms with E-state index < -0.39 is 10.0 Å². The van der Waals surface area contributed by atoms with E-state index in [1.165, 1.54) is 18.5 Å². The molecule has 10 nitrogen and oxygen atoms in total. The third kappa shape index (κ3) is 3.00. The molecule has 0 saturated heterocycles. The first-order valence-corrected chi connectivity index (χ1v) is 9.05. The van der Waals surface area contributed by atoms with E-state index in [1.54, 1.807) is 23.0 Å². The highest BCUT2D eigenvalue weighted by molar-refractivity contribution is 7.89. The Balaban J connectivity index is 1.78. The van der Waals surface area contributed by atoms with Gasteiger partial charge in [0.05, 0.1) is 17.4 Å². The van der Waals surface area contributed by atoms with E-state index in [1.807, 2.05) is 13.2 Å². The highest BCUT2D eigenvalue weighted by Gasteiger charge is 2.14. The second-order valence-corrected chi connectivity index (χ2v) is 7.16. The van der Waals surface area contributed by atoms with Crippen LogP contribution in [0.3, 0.4) is 0 Å². The molecule has 0 aliphatic rings. The van der Waals surface area contributed by atoms with Crippen LogP contribution in [0.4, 0.5) is 11.6 Å². The second kappa shape index (κ2) is 5.89. The summed E-state index contributed by atoms with van der Waals surface area (Å²) in [4.78, 5) is 16.1. The Morgan fingerprint density at radius 1 is 1.27 bits per heavy atom. The van der Waals surface area contributed by atoms with Crippen molar-refractivity contribution in [3.8, 4) is 11.3 Å². The number of fused-ring (bicyclic) bond motifs is 1. The van der Waals surface area contributed by atoms with Gasteiger partial charge in [0.25, 0.3) is 0 Å². The fraction of sp³-hybridized carbons (Fsp3) is 0.0667. The largest absolute Gasteiger partial charge is 0.329 e. The van der Waals surface area contributed by atoms with Crippen molar-refractivity contribution in [2.24, 2.45) is 12.2 Å². The van der Waals surface area contributed by atoms with Gasteiger partial charge in [-0.15, -0.1) is 0 Å². The molecule has 0 fully saturated rings. The number of rotatable bonds is 4. The van der Waals surface area contributed by atoms with Gasteiger partial charge in [-0.25, -0.2) is 23.5 Å². The van der Waals surface area contributed by atoms with Crippen molar-refractivity contribution in [2.75, 3.05) is 5.32 Å². The van der Waals surface area contributed by atoms with E-state index in [4.69, 9.17) is 5.14 Å². The molecule has 0 bridgehead atoms. The fourth-order valence-electron chi connectivity index (χ4n) is 2.52. The molecule has 4 N–H and O–H groups in total. The Kier molecular flexibility index (Phi) is 3.67. The smallest absolute Gasteiger partial charge is 0.238 e. The molecule has 0 spiro atoms. The Morgan fingerprint density at radius 2 is 2.12 bits per heavy atom. The number of imidazole rings is 1. The summed E-state index contributed by atoms with van der Waals surface area (Å²) in [7, 11) is -1.99. The molecule has 3 heterocycles. The van der Waals surface area contributed by atoms with Gasteiger partial charge < -0.3 is 10.3 Å². The van der Waals surface area contributed by atoms with Gasteiger partial charge in [-0.05, 0) is 18.2 Å². The van der Waals surface area contributed by atoms with Crippen LogP contribution in [0.2, 0.25) is 0 Å². The predicted molar refractivity (Wildman–Crippen MR) is 95.0 cm³/mol. The highest BCUT2D eigenvalue weighted by atomic mass is 32.2. The van der Waals surface area contributed by atoms with Crippen molar-refractivity contribution < 1.29 is 8.42 Å². The number of aromatic nitrogens is 6. The van der Waals surface area contributed by atoms with Gasteiger partial charge in [-0.2, -0.15) is 10.1 Å². The zero-order valence-electron chi connectivity index (χ0n) is 13.6. The summed E-state index contributed by atoms with van der Waals surface area (Å²) in [6.45, 7) is 0. The van der Waals surface area contributed by atoms with Crippen molar-refractivity contribution in [3.05, 3.63) is 43.0 Å². The van der Waals surface area contributed by atoms with Gasteiger partial charge in [0.15, 0.2) is 5.65 Å². The van der Waals surface area contributed by atoms with Crippen LogP contribution >= 0.6 is 0 Å². The van der Waals surface area contributed by atoms with Crippen LogP contribution in [0, 0.1) is 0 Å². The molecule has 4 aromatic rings. The third-order valence-electron chi connectivity index (χ3n) is 3.68. The van der Waals surface area contributed by atoms with Crippen molar-refractivity contribution in [2.45, 2.75) is 4.90 Å². The fourth-order valence-corrected chi connectivity index (χ4v) is 3.08. The zero-order chi connectivity index (χ0) is 18.3. The molecule has 1 aromatic carbocycles. The number of aromatic amines is 1. The monoisotopic (exact) mass is 370 g/mol. The van der Waals surface area contributed by atoms with Crippen molar-refractivity contribution in [1.82, 2.24) is 29.7 Å². The first-order chi connectivity index (χ1) is 12.4. The van der Waals surface area contributed by atoms with Gasteiger partial charge in [0.1, 0.15) is 11.2 Å². The van der Waals surface area contributed by atoms with E-state index in [0.29, 0.717) is 22.5 Å². The van der Waals surface area contributed by atoms with Gasteiger partial charge >= 0.3 is 0 Å². The minimum absolute atomic E-state index is 0.00222. The molecule has 0 atom stereocenters. The lowest BCUT2D eigenvalue weighted by Crippen LogP contribution is -2.12. The molecule has 0 radical (unpaired) electrons. The van der Waals surface area contributed by atoms with E-state index in [2.05, 4.69) is 30.4 Å². The van der Waals surface area contributed by atoms with Gasteiger partial charge in [0, 0.05) is 24.5 Å². The average Bonchev–Trinajstić information content (AvgIpc) is 3.22. The minimum atomic E-state index is -3.80. The summed E-state index contributed by atoms with van der Waals surface area (Å²) in [5.74, 6) is 0.284. The maximum atomic E-state index is 11.5. The molecule has 0 amide bonds. The number of hydrogen-bond donors (Lipinski definition) is 3. The maximum Gasteiger partial charge on any atom is 0.238 e. The summed E-state index contributed by atoms with van der Waals surface area (Å²) in [5.41, 5.74) is 3.04. The van der Waals surface area contributed by atoms with Gasteiger partial charge in [0.2, 0.25) is 16.0 Å². The van der Waals surface area contributed by atoms with Crippen LogP contribution < -0.4 is 10.5 Å². The number of nitrogens with zero attached hydrogens (tertiary/aromatic N) is 5. The zero-order valence-corrected chi connectivity index (χ0v) is 14.4. The molecule has 26 heavy (non-hydrogen) atoms. The molecule has 132 valence electrons. The second-order valence-electron chi connectivity index (χ2n) is 5.60. The summed E-state index contributed by atoms with van der Waals surface area (Å²) < 4.78 is 24.7. The lowest BCUT2D eigenvalue weighted by molar-refractivity contribution is 0.598. The average molecular weight is 370 g/mol. The quantitative estimate of drug-likeness (QED) is 0.488. The van der Waals surface area contributed by atoms with Gasteiger partial charge in [-0.3, -0.25) is 4.68 Å². The molecule has 11 heteroatoms. The number of sulfonamides is 1. The van der Waals surface area contributed by atoms with Crippen LogP contribution in [0.5, 0.6) is 0 Å². The minimum Gasteiger partial charge on any atom is -0.329 e. The number of anilines is 2. The summed E-state index contributed by atoms with van der Waals surface area (Å²) >= 11 is 0. The SMILES string of the molecule is Cn1cc(-c2nc(Nc3cccc(S(N)(=O)=O)c3)nc3[nH]cnc23)cn1. The highest BCUT2D eigenvalue weighted by Crippen LogP contribution is 2.26. The number of nitrogens with one attached hydrogen (secondary N) is 2. The number of H-pyrrole nitrogens is 1. The van der Waals surface area contributed by atoms with E-state index in [9.17, 15) is 8.42 Å². The van der Waals surface area contributed by atoms with Crippen molar-refractivity contribution >= 4 is 32.8 Å². The first-order valence-electron chi connectivity index (χ1n) is 7.50. The molecule has 0 saturated carbocycles. The molecular weight excluding hydrogens is 356 g/mol. The topological polar surface area (TPSA) is 144 Å². The first kappa shape index (κ1) is 16.2. The number of aryl methyl sites for hydroxylation is 1. The number of hydrogen-bond acceptors (Lipinski definition) is 7. The normalized spacial score (nSPS) is 11.8. The molecule has 0 unspecified atom stereocenters. The van der Waals surface area contributed by atoms with Crippen molar-refractivity contribution in [3.63, 3.8) is 0 Å². The van der Waals surface area contributed by atoms with Crippen LogP contribution in [-0.2, 0) is 17.1 Å². The van der Waals surface area contributed by atoms with Gasteiger partial charge in [-0.1, -0.05) is 6.07 Å². The Morgan fingerprint density at radius 3 is 2.85 bits per heavy atom. The Hall–Kier alpha value is -3.31. The molecule has 4 rings (SSSR count). The standard InChI is InChI=1S/C15H14N8O2S/c1-23-7-9(6-19-23)12-13-14(18-8-17-13)22-15(21-12)20-10-3-2-4-11(5-10)26(16,24)25/h2-8H,1H3,(H2,16,24,25)(H2,17,18,20,21,22). The summed E-state index contributed by atoms with van der Waals surface area (Å²) in [6, 6.07) is 6.11. The van der Waals surface area contributed by atoms with E-state index in [-0.39, 0.29) is 10.8 Å². The molecule has 0 aliphatic heterocycles.